The molecule has 0 fully saturated rings. The molecule has 30 heavy (non-hydrogen) atoms. The molecule has 0 amide bonds. The third kappa shape index (κ3) is 13.5. The first kappa shape index (κ1) is 30.1. The Bertz CT molecular complexity index is 655. The van der Waals surface area contributed by atoms with Gasteiger partial charge >= 0.3 is 29.6 Å². The van der Waals surface area contributed by atoms with Crippen molar-refractivity contribution in [1.29, 1.82) is 0 Å². The SMILES string of the molecule is CC(C)CCCC(C)CCCC(C)CCCCC(C)c1ccc(S(=O)(=O)[O-])cc1.[Na+]. The van der Waals surface area contributed by atoms with Crippen LogP contribution in [0.5, 0.6) is 0 Å². The molecule has 1 rings (SSSR count). The number of unbranched alkanes of at least 4 members (excludes halogenated alkanes) is 1. The van der Waals surface area contributed by atoms with E-state index in [0.717, 1.165) is 29.7 Å². The topological polar surface area (TPSA) is 57.2 Å². The first-order valence-corrected chi connectivity index (χ1v) is 13.1. The summed E-state index contributed by atoms with van der Waals surface area (Å²) in [5, 5.41) is 0. The van der Waals surface area contributed by atoms with Crippen molar-refractivity contribution in [2.45, 2.75) is 110 Å². The minimum absolute atomic E-state index is 0. The molecule has 0 aliphatic rings. The molecule has 0 spiro atoms. The van der Waals surface area contributed by atoms with Crippen molar-refractivity contribution in [3.05, 3.63) is 29.8 Å². The van der Waals surface area contributed by atoms with Gasteiger partial charge in [0.1, 0.15) is 10.1 Å². The van der Waals surface area contributed by atoms with Crippen molar-refractivity contribution in [3.8, 4) is 0 Å². The van der Waals surface area contributed by atoms with Gasteiger partial charge in [0.25, 0.3) is 0 Å². The molecule has 0 bridgehead atoms. The van der Waals surface area contributed by atoms with E-state index in [0.29, 0.717) is 5.92 Å². The fourth-order valence-corrected chi connectivity index (χ4v) is 4.52. The van der Waals surface area contributed by atoms with Gasteiger partial charge < -0.3 is 4.55 Å². The van der Waals surface area contributed by atoms with Gasteiger partial charge in [-0.2, -0.15) is 0 Å². The second-order valence-corrected chi connectivity index (χ2v) is 11.1. The van der Waals surface area contributed by atoms with Crippen LogP contribution in [0.4, 0.5) is 0 Å². The number of benzene rings is 1. The molecule has 0 radical (unpaired) electrons. The quantitative estimate of drug-likeness (QED) is 0.226. The van der Waals surface area contributed by atoms with E-state index in [4.69, 9.17) is 0 Å². The smallest absolute Gasteiger partial charge is 0.744 e. The maximum Gasteiger partial charge on any atom is 1.00 e. The van der Waals surface area contributed by atoms with Crippen LogP contribution in [0.3, 0.4) is 0 Å². The molecular weight excluding hydrogens is 403 g/mol. The fourth-order valence-electron chi connectivity index (χ4n) is 4.05. The van der Waals surface area contributed by atoms with E-state index in [-0.39, 0.29) is 34.5 Å². The first-order valence-electron chi connectivity index (χ1n) is 11.7. The van der Waals surface area contributed by atoms with Crippen LogP contribution < -0.4 is 29.6 Å². The van der Waals surface area contributed by atoms with Gasteiger partial charge in [-0.1, -0.05) is 105 Å². The predicted octanol–water partition coefficient (Wildman–Crippen LogP) is 4.53. The van der Waals surface area contributed by atoms with Gasteiger partial charge in [0.05, 0.1) is 4.90 Å². The Kier molecular flexibility index (Phi) is 15.9. The molecule has 0 aliphatic heterocycles. The summed E-state index contributed by atoms with van der Waals surface area (Å²) >= 11 is 0. The van der Waals surface area contributed by atoms with Crippen LogP contribution in [0.1, 0.15) is 110 Å². The summed E-state index contributed by atoms with van der Waals surface area (Å²) in [6, 6.07) is 6.42. The van der Waals surface area contributed by atoms with Crippen molar-refractivity contribution in [2.24, 2.45) is 17.8 Å². The molecule has 0 saturated carbocycles. The molecule has 1 aromatic rings. The monoisotopic (exact) mass is 446 g/mol. The van der Waals surface area contributed by atoms with Gasteiger partial charge in [-0.15, -0.1) is 0 Å². The summed E-state index contributed by atoms with van der Waals surface area (Å²) in [4.78, 5) is -0.142. The average molecular weight is 447 g/mol. The van der Waals surface area contributed by atoms with Gasteiger partial charge in [-0.3, -0.25) is 0 Å². The van der Waals surface area contributed by atoms with E-state index in [1.807, 2.05) is 0 Å². The molecule has 0 N–H and O–H groups in total. The van der Waals surface area contributed by atoms with Gasteiger partial charge in [0.2, 0.25) is 0 Å². The van der Waals surface area contributed by atoms with Crippen LogP contribution in [0, 0.1) is 17.8 Å². The second kappa shape index (κ2) is 15.9. The van der Waals surface area contributed by atoms with Gasteiger partial charge in [-0.05, 0) is 47.8 Å². The Hall–Kier alpha value is 0.130. The third-order valence-electron chi connectivity index (χ3n) is 6.19. The zero-order valence-corrected chi connectivity index (χ0v) is 23.1. The van der Waals surface area contributed by atoms with Crippen molar-refractivity contribution in [2.75, 3.05) is 0 Å². The molecular formula is C25H43NaO3S. The second-order valence-electron chi connectivity index (χ2n) is 9.67. The summed E-state index contributed by atoms with van der Waals surface area (Å²) in [7, 11) is -4.35. The summed E-state index contributed by atoms with van der Waals surface area (Å²) < 4.78 is 33.0. The van der Waals surface area contributed by atoms with E-state index in [1.165, 1.54) is 69.9 Å². The Morgan fingerprint density at radius 1 is 0.700 bits per heavy atom. The van der Waals surface area contributed by atoms with Crippen LogP contribution in [0.15, 0.2) is 29.2 Å². The van der Waals surface area contributed by atoms with Crippen molar-refractivity contribution in [1.82, 2.24) is 0 Å². The molecule has 0 aromatic heterocycles. The van der Waals surface area contributed by atoms with E-state index < -0.39 is 10.1 Å². The van der Waals surface area contributed by atoms with Crippen LogP contribution in [-0.2, 0) is 10.1 Å². The third-order valence-corrected chi connectivity index (χ3v) is 7.04. The summed E-state index contributed by atoms with van der Waals surface area (Å²) in [6.45, 7) is 11.6. The largest absolute Gasteiger partial charge is 1.00 e. The van der Waals surface area contributed by atoms with E-state index in [2.05, 4.69) is 34.6 Å². The molecule has 0 saturated heterocycles. The predicted molar refractivity (Wildman–Crippen MR) is 122 cm³/mol. The van der Waals surface area contributed by atoms with Crippen LogP contribution in [0.25, 0.3) is 0 Å². The summed E-state index contributed by atoms with van der Waals surface area (Å²) in [5.74, 6) is 2.89. The van der Waals surface area contributed by atoms with E-state index in [9.17, 15) is 13.0 Å². The maximum absolute atomic E-state index is 11.0. The Morgan fingerprint density at radius 2 is 1.13 bits per heavy atom. The minimum atomic E-state index is -4.35. The zero-order chi connectivity index (χ0) is 21.9. The average Bonchev–Trinajstić information content (AvgIpc) is 2.64. The standard InChI is InChI=1S/C25H44O3S.Na/c1-20(2)10-8-12-22(4)14-9-13-21(3)11-6-7-15-23(5)24-16-18-25(19-17-24)29(26,27)28;/h16-23H,6-15H2,1-5H3,(H,26,27,28);/q;+1/p-1. The van der Waals surface area contributed by atoms with Gasteiger partial charge in [-0.25, -0.2) is 8.42 Å². The summed E-state index contributed by atoms with van der Waals surface area (Å²) in [6.07, 6.45) is 13.0. The van der Waals surface area contributed by atoms with Crippen molar-refractivity contribution in [3.63, 3.8) is 0 Å². The Balaban J connectivity index is 0.00000841. The molecule has 0 aliphatic carbocycles. The first-order chi connectivity index (χ1) is 13.6. The molecule has 3 unspecified atom stereocenters. The van der Waals surface area contributed by atoms with Crippen molar-refractivity contribution >= 4 is 10.1 Å². The maximum atomic E-state index is 11.0. The van der Waals surface area contributed by atoms with Crippen LogP contribution in [0.2, 0.25) is 0 Å². The summed E-state index contributed by atoms with van der Waals surface area (Å²) in [5.41, 5.74) is 1.11. The molecule has 168 valence electrons. The minimum Gasteiger partial charge on any atom is -0.744 e. The van der Waals surface area contributed by atoms with Gasteiger partial charge in [0, 0.05) is 0 Å². The molecule has 5 heteroatoms. The molecule has 0 heterocycles. The van der Waals surface area contributed by atoms with Crippen molar-refractivity contribution < 1.29 is 42.5 Å². The van der Waals surface area contributed by atoms with E-state index in [1.54, 1.807) is 12.1 Å². The number of hydrogen-bond acceptors (Lipinski definition) is 3. The zero-order valence-electron chi connectivity index (χ0n) is 20.3. The number of rotatable bonds is 15. The Labute approximate surface area is 208 Å². The fraction of sp³-hybridized carbons (Fsp3) is 0.760. The number of hydrogen-bond donors (Lipinski definition) is 0. The molecule has 3 atom stereocenters. The Morgan fingerprint density at radius 3 is 1.60 bits per heavy atom. The normalized spacial score (nSPS) is 14.9. The van der Waals surface area contributed by atoms with E-state index >= 15 is 0 Å². The van der Waals surface area contributed by atoms with Crippen LogP contribution in [-0.4, -0.2) is 13.0 Å². The van der Waals surface area contributed by atoms with Gasteiger partial charge in [0.15, 0.2) is 0 Å². The molecule has 1 aromatic carbocycles. The molecule has 3 nitrogen and oxygen atoms in total. The van der Waals surface area contributed by atoms with Crippen LogP contribution >= 0.6 is 0 Å².